The molecular formula is C22H23N3O2. The third-order valence-corrected chi connectivity index (χ3v) is 4.98. The van der Waals surface area contributed by atoms with Crippen LogP contribution in [0.2, 0.25) is 0 Å². The lowest BCUT2D eigenvalue weighted by molar-refractivity contribution is 0.0633. The molecular weight excluding hydrogens is 338 g/mol. The number of para-hydroxylation sites is 1. The molecule has 1 aliphatic heterocycles. The van der Waals surface area contributed by atoms with E-state index < -0.39 is 0 Å². The molecule has 5 nitrogen and oxygen atoms in total. The first-order valence-corrected chi connectivity index (χ1v) is 9.36. The van der Waals surface area contributed by atoms with Crippen LogP contribution >= 0.6 is 0 Å². The molecule has 0 aliphatic carbocycles. The second-order valence-electron chi connectivity index (χ2n) is 6.93. The number of nitrogens with zero attached hydrogens (tertiary/aromatic N) is 2. The van der Waals surface area contributed by atoms with Crippen molar-refractivity contribution in [3.8, 4) is 17.0 Å². The van der Waals surface area contributed by atoms with Crippen molar-refractivity contribution in [3.63, 3.8) is 0 Å². The molecule has 1 atom stereocenters. The quantitative estimate of drug-likeness (QED) is 0.747. The highest BCUT2D eigenvalue weighted by molar-refractivity contribution is 5.94. The first-order chi connectivity index (χ1) is 13.3. The number of piperidine rings is 1. The molecule has 1 saturated heterocycles. The van der Waals surface area contributed by atoms with E-state index >= 15 is 0 Å². The largest absolute Gasteiger partial charge is 0.493 e. The highest BCUT2D eigenvalue weighted by atomic mass is 16.5. The minimum Gasteiger partial charge on any atom is -0.493 e. The number of H-pyrrole nitrogens is 1. The normalized spacial score (nSPS) is 16.9. The smallest absolute Gasteiger partial charge is 0.253 e. The van der Waals surface area contributed by atoms with Crippen molar-refractivity contribution < 1.29 is 9.53 Å². The number of hydrogen-bond donors (Lipinski definition) is 1. The molecule has 0 bridgehead atoms. The van der Waals surface area contributed by atoms with Gasteiger partial charge in [-0.25, -0.2) is 0 Å². The van der Waals surface area contributed by atoms with Crippen LogP contribution in [0.4, 0.5) is 0 Å². The van der Waals surface area contributed by atoms with Crippen LogP contribution in [0.5, 0.6) is 5.75 Å². The fourth-order valence-electron chi connectivity index (χ4n) is 3.51. The standard InChI is InChI=1S/C22H23N3O2/c26-22(19-10-8-18(9-11-19)21-12-13-23-24-21)25-14-4-5-17(15-25)16-27-20-6-2-1-3-7-20/h1-3,6-13,17H,4-5,14-16H2,(H,23,24)/t17-/m1/s1. The summed E-state index contributed by atoms with van der Waals surface area (Å²) < 4.78 is 5.89. The first kappa shape index (κ1) is 17.3. The number of rotatable bonds is 5. The van der Waals surface area contributed by atoms with Crippen LogP contribution in [-0.4, -0.2) is 40.7 Å². The highest BCUT2D eigenvalue weighted by Gasteiger charge is 2.25. The molecule has 1 N–H and O–H groups in total. The number of carbonyl (C=O) groups is 1. The van der Waals surface area contributed by atoms with Crippen LogP contribution in [0.15, 0.2) is 66.9 Å². The van der Waals surface area contributed by atoms with Gasteiger partial charge in [-0.1, -0.05) is 30.3 Å². The number of aromatic nitrogens is 2. The van der Waals surface area contributed by atoms with Crippen LogP contribution < -0.4 is 4.74 Å². The van der Waals surface area contributed by atoms with Crippen molar-refractivity contribution in [2.75, 3.05) is 19.7 Å². The molecule has 4 rings (SSSR count). The van der Waals surface area contributed by atoms with Gasteiger partial charge in [-0.2, -0.15) is 5.10 Å². The van der Waals surface area contributed by atoms with E-state index in [0.29, 0.717) is 12.5 Å². The number of aromatic amines is 1. The molecule has 0 radical (unpaired) electrons. The fourth-order valence-corrected chi connectivity index (χ4v) is 3.51. The number of hydrogen-bond acceptors (Lipinski definition) is 3. The maximum Gasteiger partial charge on any atom is 0.253 e. The zero-order valence-corrected chi connectivity index (χ0v) is 15.2. The van der Waals surface area contributed by atoms with Gasteiger partial charge in [0.1, 0.15) is 5.75 Å². The minimum absolute atomic E-state index is 0.0931. The van der Waals surface area contributed by atoms with Crippen LogP contribution in [0.25, 0.3) is 11.3 Å². The summed E-state index contributed by atoms with van der Waals surface area (Å²) in [4.78, 5) is 14.8. The number of nitrogens with one attached hydrogen (secondary N) is 1. The summed E-state index contributed by atoms with van der Waals surface area (Å²) in [6.07, 6.45) is 3.83. The lowest BCUT2D eigenvalue weighted by Crippen LogP contribution is -2.41. The van der Waals surface area contributed by atoms with Crippen molar-refractivity contribution in [2.45, 2.75) is 12.8 Å². The van der Waals surface area contributed by atoms with Crippen LogP contribution in [0.1, 0.15) is 23.2 Å². The molecule has 1 aliphatic rings. The van der Waals surface area contributed by atoms with E-state index in [1.54, 1.807) is 6.20 Å². The molecule has 0 unspecified atom stereocenters. The van der Waals surface area contributed by atoms with Crippen molar-refractivity contribution in [3.05, 3.63) is 72.4 Å². The van der Waals surface area contributed by atoms with Gasteiger partial charge in [-0.05, 0) is 48.7 Å². The second-order valence-corrected chi connectivity index (χ2v) is 6.93. The Morgan fingerprint density at radius 1 is 1.11 bits per heavy atom. The number of ether oxygens (including phenoxy) is 1. The van der Waals surface area contributed by atoms with Crippen molar-refractivity contribution in [1.82, 2.24) is 15.1 Å². The average Bonchev–Trinajstić information content (AvgIpc) is 3.28. The molecule has 138 valence electrons. The summed E-state index contributed by atoms with van der Waals surface area (Å²) in [5.41, 5.74) is 2.70. The van der Waals surface area contributed by atoms with Crippen molar-refractivity contribution >= 4 is 5.91 Å². The van der Waals surface area contributed by atoms with E-state index in [4.69, 9.17) is 4.74 Å². The summed E-state index contributed by atoms with van der Waals surface area (Å²) in [6, 6.07) is 19.5. The maximum absolute atomic E-state index is 12.9. The van der Waals surface area contributed by atoms with Gasteiger partial charge in [-0.3, -0.25) is 9.89 Å². The van der Waals surface area contributed by atoms with Crippen molar-refractivity contribution in [1.29, 1.82) is 0 Å². The lowest BCUT2D eigenvalue weighted by Gasteiger charge is -2.32. The summed E-state index contributed by atoms with van der Waals surface area (Å²) in [5.74, 6) is 1.35. The zero-order valence-electron chi connectivity index (χ0n) is 15.2. The third kappa shape index (κ3) is 4.19. The molecule has 1 amide bonds. The monoisotopic (exact) mass is 361 g/mol. The molecule has 0 saturated carbocycles. The maximum atomic E-state index is 12.9. The van der Waals surface area contributed by atoms with Gasteiger partial charge in [0, 0.05) is 30.8 Å². The molecule has 1 fully saturated rings. The lowest BCUT2D eigenvalue weighted by atomic mass is 9.98. The Kier molecular flexibility index (Phi) is 5.19. The van der Waals surface area contributed by atoms with Gasteiger partial charge in [0.2, 0.25) is 0 Å². The Bertz CT molecular complexity index is 860. The van der Waals surface area contributed by atoms with Crippen LogP contribution in [0, 0.1) is 5.92 Å². The number of amides is 1. The molecule has 2 heterocycles. The van der Waals surface area contributed by atoms with Crippen LogP contribution in [-0.2, 0) is 0 Å². The van der Waals surface area contributed by atoms with Gasteiger partial charge in [0.05, 0.1) is 12.3 Å². The zero-order chi connectivity index (χ0) is 18.5. The number of likely N-dealkylation sites (tertiary alicyclic amines) is 1. The topological polar surface area (TPSA) is 58.2 Å². The number of benzene rings is 2. The predicted octanol–water partition coefficient (Wildman–Crippen LogP) is 4.01. The molecule has 5 heteroatoms. The Morgan fingerprint density at radius 3 is 2.67 bits per heavy atom. The van der Waals surface area contributed by atoms with Gasteiger partial charge in [0.25, 0.3) is 5.91 Å². The van der Waals surface area contributed by atoms with E-state index in [2.05, 4.69) is 10.2 Å². The third-order valence-electron chi connectivity index (χ3n) is 4.98. The Hall–Kier alpha value is -3.08. The fraction of sp³-hybridized carbons (Fsp3) is 0.273. The Balaban J connectivity index is 1.36. The van der Waals surface area contributed by atoms with E-state index in [1.165, 1.54) is 0 Å². The summed E-state index contributed by atoms with van der Waals surface area (Å²) in [5, 5.41) is 6.90. The Morgan fingerprint density at radius 2 is 1.93 bits per heavy atom. The predicted molar refractivity (Wildman–Crippen MR) is 105 cm³/mol. The average molecular weight is 361 g/mol. The van der Waals surface area contributed by atoms with Gasteiger partial charge < -0.3 is 9.64 Å². The molecule has 3 aromatic rings. The highest BCUT2D eigenvalue weighted by Crippen LogP contribution is 2.22. The molecule has 2 aromatic carbocycles. The SMILES string of the molecule is O=C(c1ccc(-c2ccn[nH]2)cc1)N1CCC[C@@H](COc2ccccc2)C1. The van der Waals surface area contributed by atoms with Gasteiger partial charge in [-0.15, -0.1) is 0 Å². The molecule has 1 aromatic heterocycles. The van der Waals surface area contributed by atoms with E-state index in [0.717, 1.165) is 48.5 Å². The van der Waals surface area contributed by atoms with Crippen LogP contribution in [0.3, 0.4) is 0 Å². The van der Waals surface area contributed by atoms with E-state index in [1.807, 2.05) is 65.6 Å². The van der Waals surface area contributed by atoms with E-state index in [-0.39, 0.29) is 5.91 Å². The van der Waals surface area contributed by atoms with Crippen molar-refractivity contribution in [2.24, 2.45) is 5.92 Å². The van der Waals surface area contributed by atoms with Gasteiger partial charge in [0.15, 0.2) is 0 Å². The number of carbonyl (C=O) groups excluding carboxylic acids is 1. The second kappa shape index (κ2) is 8.08. The van der Waals surface area contributed by atoms with E-state index in [9.17, 15) is 4.79 Å². The summed E-state index contributed by atoms with van der Waals surface area (Å²) >= 11 is 0. The summed E-state index contributed by atoms with van der Waals surface area (Å²) in [7, 11) is 0. The van der Waals surface area contributed by atoms with Gasteiger partial charge >= 0.3 is 0 Å². The molecule has 0 spiro atoms. The Labute approximate surface area is 159 Å². The minimum atomic E-state index is 0.0931. The summed E-state index contributed by atoms with van der Waals surface area (Å²) in [6.45, 7) is 2.20. The molecule has 27 heavy (non-hydrogen) atoms. The first-order valence-electron chi connectivity index (χ1n) is 9.36.